The lowest BCUT2D eigenvalue weighted by Crippen LogP contribution is -2.25. The zero-order valence-electron chi connectivity index (χ0n) is 19.5. The number of nitrogens with zero attached hydrogens (tertiary/aromatic N) is 2. The SMILES string of the molecule is CCOC(=O)c1nn(-c2cccc(OC)c2)c(=O)c2c(NC(=O)c3cccc4ccccc34)scc12. The molecule has 0 bridgehead atoms. The fraction of sp³-hybridized carbons (Fsp3) is 0.111. The first kappa shape index (κ1) is 23.3. The molecule has 0 aliphatic carbocycles. The first-order valence-corrected chi connectivity index (χ1v) is 12.0. The van der Waals surface area contributed by atoms with E-state index in [1.165, 1.54) is 7.11 Å². The number of anilines is 1. The van der Waals surface area contributed by atoms with E-state index in [4.69, 9.17) is 9.47 Å². The molecule has 0 radical (unpaired) electrons. The number of methoxy groups -OCH3 is 1. The van der Waals surface area contributed by atoms with Crippen LogP contribution in [0, 0.1) is 0 Å². The summed E-state index contributed by atoms with van der Waals surface area (Å²) in [5.74, 6) is -0.505. The molecule has 0 aliphatic heterocycles. The van der Waals surface area contributed by atoms with Crippen molar-refractivity contribution in [3.8, 4) is 11.4 Å². The van der Waals surface area contributed by atoms with Gasteiger partial charge >= 0.3 is 5.97 Å². The van der Waals surface area contributed by atoms with Crippen LogP contribution in [-0.4, -0.2) is 35.4 Å². The fourth-order valence-corrected chi connectivity index (χ4v) is 4.93. The van der Waals surface area contributed by atoms with Crippen LogP contribution in [0.1, 0.15) is 27.8 Å². The number of amides is 1. The molecule has 5 rings (SSSR count). The molecule has 0 unspecified atom stereocenters. The molecule has 3 aromatic carbocycles. The van der Waals surface area contributed by atoms with Crippen LogP contribution in [0.3, 0.4) is 0 Å². The van der Waals surface area contributed by atoms with Gasteiger partial charge in [-0.15, -0.1) is 11.3 Å². The van der Waals surface area contributed by atoms with Crippen LogP contribution in [0.4, 0.5) is 5.00 Å². The molecule has 0 atom stereocenters. The van der Waals surface area contributed by atoms with Gasteiger partial charge in [-0.25, -0.2) is 4.79 Å². The van der Waals surface area contributed by atoms with E-state index in [2.05, 4.69) is 10.4 Å². The normalized spacial score (nSPS) is 10.9. The second-order valence-electron chi connectivity index (χ2n) is 7.82. The van der Waals surface area contributed by atoms with Crippen molar-refractivity contribution in [3.63, 3.8) is 0 Å². The van der Waals surface area contributed by atoms with Gasteiger partial charge in [0.25, 0.3) is 11.5 Å². The number of carbonyl (C=O) groups is 2. The summed E-state index contributed by atoms with van der Waals surface area (Å²) in [5.41, 5.74) is 0.378. The highest BCUT2D eigenvalue weighted by molar-refractivity contribution is 7.16. The average molecular weight is 500 g/mol. The number of hydrogen-bond acceptors (Lipinski definition) is 7. The minimum Gasteiger partial charge on any atom is -0.497 e. The van der Waals surface area contributed by atoms with E-state index in [1.54, 1.807) is 42.6 Å². The number of ether oxygens (including phenoxy) is 2. The largest absolute Gasteiger partial charge is 0.497 e. The van der Waals surface area contributed by atoms with Crippen molar-refractivity contribution in [2.24, 2.45) is 0 Å². The average Bonchev–Trinajstić information content (AvgIpc) is 3.32. The summed E-state index contributed by atoms with van der Waals surface area (Å²) in [6.07, 6.45) is 0. The number of aromatic nitrogens is 2. The molecule has 1 N–H and O–H groups in total. The van der Waals surface area contributed by atoms with Crippen LogP contribution < -0.4 is 15.6 Å². The fourth-order valence-electron chi connectivity index (χ4n) is 4.00. The lowest BCUT2D eigenvalue weighted by molar-refractivity contribution is 0.0520. The van der Waals surface area contributed by atoms with Gasteiger partial charge in [-0.05, 0) is 35.9 Å². The molecular formula is C27H21N3O5S. The zero-order chi connectivity index (χ0) is 25.2. The Morgan fingerprint density at radius 2 is 1.81 bits per heavy atom. The number of nitrogens with one attached hydrogen (secondary N) is 1. The van der Waals surface area contributed by atoms with Crippen LogP contribution in [-0.2, 0) is 4.74 Å². The molecule has 180 valence electrons. The van der Waals surface area contributed by atoms with Crippen molar-refractivity contribution < 1.29 is 19.1 Å². The predicted molar refractivity (Wildman–Crippen MR) is 140 cm³/mol. The summed E-state index contributed by atoms with van der Waals surface area (Å²) in [6, 6.07) is 19.8. The first-order valence-electron chi connectivity index (χ1n) is 11.2. The van der Waals surface area contributed by atoms with Crippen molar-refractivity contribution >= 4 is 49.8 Å². The maximum absolute atomic E-state index is 13.6. The lowest BCUT2D eigenvalue weighted by Gasteiger charge is -2.11. The van der Waals surface area contributed by atoms with E-state index in [1.807, 2.05) is 36.4 Å². The van der Waals surface area contributed by atoms with Gasteiger partial charge in [-0.2, -0.15) is 9.78 Å². The minimum atomic E-state index is -0.663. The van der Waals surface area contributed by atoms with E-state index in [-0.39, 0.29) is 23.6 Å². The number of fused-ring (bicyclic) bond motifs is 2. The van der Waals surface area contributed by atoms with E-state index in [0.29, 0.717) is 27.4 Å². The second-order valence-corrected chi connectivity index (χ2v) is 8.70. The van der Waals surface area contributed by atoms with Crippen molar-refractivity contribution in [1.82, 2.24) is 9.78 Å². The van der Waals surface area contributed by atoms with E-state index in [9.17, 15) is 14.4 Å². The molecule has 0 aliphatic rings. The van der Waals surface area contributed by atoms with Crippen molar-refractivity contribution in [3.05, 3.63) is 93.7 Å². The Labute approximate surface area is 209 Å². The summed E-state index contributed by atoms with van der Waals surface area (Å²) in [6.45, 7) is 1.84. The molecule has 36 heavy (non-hydrogen) atoms. The minimum absolute atomic E-state index is 0.0174. The standard InChI is InChI=1S/C27H21N3O5S/c1-3-35-27(33)23-21-15-36-25(28-24(31)20-13-6-9-16-8-4-5-12-19(16)20)22(21)26(32)30(29-23)17-10-7-11-18(14-17)34-2/h4-15H,3H2,1-2H3,(H,28,31). The predicted octanol–water partition coefficient (Wildman–Crippen LogP) is 5.04. The maximum atomic E-state index is 13.6. The van der Waals surface area contributed by atoms with Gasteiger partial charge in [0.2, 0.25) is 0 Å². The van der Waals surface area contributed by atoms with Gasteiger partial charge in [0.1, 0.15) is 10.8 Å². The Balaban J connectivity index is 1.67. The van der Waals surface area contributed by atoms with Gasteiger partial charge in [-0.1, -0.05) is 42.5 Å². The summed E-state index contributed by atoms with van der Waals surface area (Å²) in [4.78, 5) is 39.7. The molecular weight excluding hydrogens is 478 g/mol. The Morgan fingerprint density at radius 1 is 1.03 bits per heavy atom. The Morgan fingerprint density at radius 3 is 2.61 bits per heavy atom. The van der Waals surface area contributed by atoms with Crippen molar-refractivity contribution in [2.45, 2.75) is 6.92 Å². The molecule has 2 heterocycles. The third kappa shape index (κ3) is 4.09. The second kappa shape index (κ2) is 9.63. The topological polar surface area (TPSA) is 99.5 Å². The lowest BCUT2D eigenvalue weighted by atomic mass is 10.0. The number of hydrogen-bond donors (Lipinski definition) is 1. The van der Waals surface area contributed by atoms with Crippen LogP contribution in [0.2, 0.25) is 0 Å². The first-order chi connectivity index (χ1) is 17.5. The highest BCUT2D eigenvalue weighted by atomic mass is 32.1. The maximum Gasteiger partial charge on any atom is 0.359 e. The Hall–Kier alpha value is -4.50. The summed E-state index contributed by atoms with van der Waals surface area (Å²) >= 11 is 1.15. The molecule has 0 fully saturated rings. The smallest absolute Gasteiger partial charge is 0.359 e. The molecule has 5 aromatic rings. The Bertz CT molecular complexity index is 1680. The summed E-state index contributed by atoms with van der Waals surface area (Å²) in [5, 5.41) is 11.4. The third-order valence-corrected chi connectivity index (χ3v) is 6.58. The monoisotopic (exact) mass is 499 g/mol. The number of esters is 1. The van der Waals surface area contributed by atoms with Gasteiger partial charge in [-0.3, -0.25) is 9.59 Å². The molecule has 2 aromatic heterocycles. The molecule has 0 saturated heterocycles. The summed E-state index contributed by atoms with van der Waals surface area (Å²) < 4.78 is 11.6. The van der Waals surface area contributed by atoms with Gasteiger partial charge in [0, 0.05) is 22.4 Å². The number of rotatable bonds is 6. The van der Waals surface area contributed by atoms with Crippen LogP contribution >= 0.6 is 11.3 Å². The quantitative estimate of drug-likeness (QED) is 0.329. The third-order valence-electron chi connectivity index (χ3n) is 5.68. The van der Waals surface area contributed by atoms with Crippen molar-refractivity contribution in [1.29, 1.82) is 0 Å². The van der Waals surface area contributed by atoms with Gasteiger partial charge in [0.15, 0.2) is 5.69 Å². The zero-order valence-corrected chi connectivity index (χ0v) is 20.3. The Kier molecular flexibility index (Phi) is 6.22. The molecule has 0 spiro atoms. The van der Waals surface area contributed by atoms with Gasteiger partial charge in [0.05, 0.1) is 24.8 Å². The van der Waals surface area contributed by atoms with Crippen molar-refractivity contribution in [2.75, 3.05) is 19.0 Å². The number of carbonyl (C=O) groups excluding carboxylic acids is 2. The number of benzene rings is 3. The van der Waals surface area contributed by atoms with Gasteiger partial charge < -0.3 is 14.8 Å². The molecule has 9 heteroatoms. The van der Waals surface area contributed by atoms with Crippen LogP contribution in [0.25, 0.3) is 27.2 Å². The van der Waals surface area contributed by atoms with Crippen LogP contribution in [0.5, 0.6) is 5.75 Å². The highest BCUT2D eigenvalue weighted by Crippen LogP contribution is 2.32. The van der Waals surface area contributed by atoms with E-state index < -0.39 is 11.5 Å². The molecule has 0 saturated carbocycles. The molecule has 8 nitrogen and oxygen atoms in total. The molecule has 1 amide bonds. The summed E-state index contributed by atoms with van der Waals surface area (Å²) in [7, 11) is 1.52. The highest BCUT2D eigenvalue weighted by Gasteiger charge is 2.24. The number of thiophene rings is 1. The van der Waals surface area contributed by atoms with E-state index >= 15 is 0 Å². The van der Waals surface area contributed by atoms with E-state index in [0.717, 1.165) is 26.8 Å². The van der Waals surface area contributed by atoms with Crippen LogP contribution in [0.15, 0.2) is 76.9 Å².